The van der Waals surface area contributed by atoms with E-state index in [1.807, 2.05) is 27.2 Å². The third-order valence-electron chi connectivity index (χ3n) is 4.15. The Bertz CT molecular complexity index is 776. The minimum Gasteiger partial charge on any atom is -0.317 e. The lowest BCUT2D eigenvalue weighted by Gasteiger charge is -2.22. The van der Waals surface area contributed by atoms with Gasteiger partial charge in [0.15, 0.2) is 0 Å². The van der Waals surface area contributed by atoms with E-state index in [9.17, 15) is 4.79 Å². The second-order valence-electron chi connectivity index (χ2n) is 5.33. The molecule has 1 N–H and O–H groups in total. The molecule has 3 aromatic rings. The fraction of sp³-hybridized carbons (Fsp3) is 0.429. The zero-order chi connectivity index (χ0) is 12.8. The molecule has 114 valence electrons. The quantitative estimate of drug-likeness (QED) is 0.782. The molecule has 1 aliphatic heterocycles. The van der Waals surface area contributed by atoms with Gasteiger partial charge < -0.3 is 5.32 Å². The molecule has 3 aromatic heterocycles. The molecule has 1 saturated heterocycles. The largest absolute Gasteiger partial charge is 0.317 e. The van der Waals surface area contributed by atoms with Gasteiger partial charge in [0.1, 0.15) is 16.8 Å². The smallest absolute Gasteiger partial charge is 0.278 e. The van der Waals surface area contributed by atoms with Gasteiger partial charge >= 0.3 is 0 Å². The predicted molar refractivity (Wildman–Crippen MR) is 88.2 cm³/mol. The van der Waals surface area contributed by atoms with E-state index in [1.165, 1.54) is 0 Å². The van der Waals surface area contributed by atoms with E-state index in [4.69, 9.17) is 0 Å². The fourth-order valence-corrected chi connectivity index (χ4v) is 3.12. The minimum atomic E-state index is 0. The minimum absolute atomic E-state index is 0. The third-order valence-corrected chi connectivity index (χ3v) is 4.15. The second kappa shape index (κ2) is 6.22. The van der Waals surface area contributed by atoms with Crippen molar-refractivity contribution in [3.8, 4) is 0 Å². The second-order valence-corrected chi connectivity index (χ2v) is 5.33. The molecule has 0 bridgehead atoms. The van der Waals surface area contributed by atoms with Crippen LogP contribution in [0.2, 0.25) is 0 Å². The maximum absolute atomic E-state index is 12.5. The van der Waals surface area contributed by atoms with Crippen LogP contribution in [0, 0.1) is 5.92 Å². The number of piperidine rings is 1. The highest BCUT2D eigenvalue weighted by atomic mass is 35.5. The Morgan fingerprint density at radius 3 is 2.76 bits per heavy atom. The molecule has 0 radical (unpaired) electrons. The van der Waals surface area contributed by atoms with Crippen molar-refractivity contribution in [2.75, 3.05) is 13.1 Å². The van der Waals surface area contributed by atoms with E-state index in [0.29, 0.717) is 11.4 Å². The maximum atomic E-state index is 12.5. The molecule has 4 rings (SSSR count). The van der Waals surface area contributed by atoms with Gasteiger partial charge in [-0.05, 0) is 44.0 Å². The van der Waals surface area contributed by atoms with Crippen LogP contribution in [0.15, 0.2) is 29.2 Å². The number of pyridine rings is 1. The molecule has 0 aromatic carbocycles. The van der Waals surface area contributed by atoms with Gasteiger partial charge in [-0.25, -0.2) is 4.98 Å². The van der Waals surface area contributed by atoms with E-state index < -0.39 is 0 Å². The van der Waals surface area contributed by atoms with Crippen molar-refractivity contribution in [1.29, 1.82) is 0 Å². The molecule has 0 spiro atoms. The summed E-state index contributed by atoms with van der Waals surface area (Å²) >= 11 is 0. The van der Waals surface area contributed by atoms with Crippen LogP contribution in [0.1, 0.15) is 12.8 Å². The van der Waals surface area contributed by atoms with Crippen molar-refractivity contribution < 1.29 is 0 Å². The van der Waals surface area contributed by atoms with Crippen molar-refractivity contribution in [2.24, 2.45) is 5.92 Å². The van der Waals surface area contributed by atoms with Crippen molar-refractivity contribution in [1.82, 2.24) is 19.3 Å². The van der Waals surface area contributed by atoms with Crippen molar-refractivity contribution >= 4 is 41.6 Å². The van der Waals surface area contributed by atoms with E-state index in [2.05, 4.69) is 10.3 Å². The molecule has 1 aliphatic rings. The number of nitrogens with zero attached hydrogens (tertiary/aromatic N) is 3. The predicted octanol–water partition coefficient (Wildman–Crippen LogP) is 1.93. The lowest BCUT2D eigenvalue weighted by molar-refractivity contribution is 0.334. The molecule has 0 amide bonds. The zero-order valence-electron chi connectivity index (χ0n) is 11.5. The van der Waals surface area contributed by atoms with Crippen LogP contribution < -0.4 is 10.9 Å². The highest BCUT2D eigenvalue weighted by Crippen LogP contribution is 2.18. The lowest BCUT2D eigenvalue weighted by Crippen LogP contribution is -2.31. The SMILES string of the molecule is Cl.Cl.O=c1c2cnc3cccc(n1CC1CCNCC1)n32. The normalized spacial score (nSPS) is 16.0. The van der Waals surface area contributed by atoms with Crippen LogP contribution in [0.4, 0.5) is 0 Å². The summed E-state index contributed by atoms with van der Waals surface area (Å²) in [5.74, 6) is 0.595. The average molecular weight is 329 g/mol. The van der Waals surface area contributed by atoms with Gasteiger partial charge in [0, 0.05) is 6.54 Å². The van der Waals surface area contributed by atoms with Crippen LogP contribution in [-0.4, -0.2) is 27.0 Å². The molecule has 0 atom stereocenters. The Labute approximate surface area is 134 Å². The van der Waals surface area contributed by atoms with Crippen molar-refractivity contribution in [3.63, 3.8) is 0 Å². The van der Waals surface area contributed by atoms with E-state index in [1.54, 1.807) is 6.20 Å². The average Bonchev–Trinajstić information content (AvgIpc) is 2.99. The highest BCUT2D eigenvalue weighted by molar-refractivity contribution is 5.85. The zero-order valence-corrected chi connectivity index (χ0v) is 13.1. The number of hydrogen-bond donors (Lipinski definition) is 1. The van der Waals surface area contributed by atoms with E-state index in [0.717, 1.165) is 43.8 Å². The van der Waals surface area contributed by atoms with Crippen LogP contribution >= 0.6 is 24.8 Å². The summed E-state index contributed by atoms with van der Waals surface area (Å²) in [4.78, 5) is 16.7. The summed E-state index contributed by atoms with van der Waals surface area (Å²) in [6, 6.07) is 5.91. The Hall–Kier alpha value is -1.30. The van der Waals surface area contributed by atoms with Crippen LogP contribution in [0.25, 0.3) is 16.8 Å². The molecule has 0 unspecified atom stereocenters. The van der Waals surface area contributed by atoms with Gasteiger partial charge in [0.25, 0.3) is 5.56 Å². The Balaban J connectivity index is 0.000000807. The van der Waals surface area contributed by atoms with Crippen LogP contribution in [-0.2, 0) is 6.54 Å². The number of imidazole rings is 2. The Morgan fingerprint density at radius 2 is 2.00 bits per heavy atom. The van der Waals surface area contributed by atoms with Gasteiger partial charge in [0.2, 0.25) is 0 Å². The fourth-order valence-electron chi connectivity index (χ4n) is 3.12. The van der Waals surface area contributed by atoms with Crippen molar-refractivity contribution in [3.05, 3.63) is 34.7 Å². The maximum Gasteiger partial charge on any atom is 0.278 e. The molecule has 5 nitrogen and oxygen atoms in total. The highest BCUT2D eigenvalue weighted by Gasteiger charge is 2.19. The number of hydrogen-bond acceptors (Lipinski definition) is 3. The van der Waals surface area contributed by atoms with Gasteiger partial charge in [-0.1, -0.05) is 6.07 Å². The first kappa shape index (κ1) is 16.1. The van der Waals surface area contributed by atoms with Crippen LogP contribution in [0.3, 0.4) is 0 Å². The monoisotopic (exact) mass is 328 g/mol. The van der Waals surface area contributed by atoms with Gasteiger partial charge in [-0.15, -0.1) is 24.8 Å². The number of halogens is 2. The van der Waals surface area contributed by atoms with Gasteiger partial charge in [-0.3, -0.25) is 13.8 Å². The Morgan fingerprint density at radius 1 is 1.24 bits per heavy atom. The van der Waals surface area contributed by atoms with Crippen LogP contribution in [0.5, 0.6) is 0 Å². The Kier molecular flexibility index (Phi) is 4.76. The molecule has 4 heterocycles. The first-order chi connectivity index (χ1) is 9.34. The van der Waals surface area contributed by atoms with E-state index >= 15 is 0 Å². The molecule has 7 heteroatoms. The number of rotatable bonds is 2. The molecule has 1 fully saturated rings. The molecule has 0 aliphatic carbocycles. The first-order valence-corrected chi connectivity index (χ1v) is 6.83. The lowest BCUT2D eigenvalue weighted by atomic mass is 9.98. The number of nitrogens with one attached hydrogen (secondary N) is 1. The molecular formula is C14H18Cl2N4O. The summed E-state index contributed by atoms with van der Waals surface area (Å²) < 4.78 is 3.88. The summed E-state index contributed by atoms with van der Waals surface area (Å²) in [5, 5.41) is 3.36. The first-order valence-electron chi connectivity index (χ1n) is 6.83. The third kappa shape index (κ3) is 2.50. The summed E-state index contributed by atoms with van der Waals surface area (Å²) in [7, 11) is 0. The number of aromatic nitrogens is 3. The van der Waals surface area contributed by atoms with Crippen molar-refractivity contribution in [2.45, 2.75) is 19.4 Å². The molecule has 21 heavy (non-hydrogen) atoms. The molecule has 0 saturated carbocycles. The summed E-state index contributed by atoms with van der Waals surface area (Å²) in [6.45, 7) is 2.94. The van der Waals surface area contributed by atoms with Gasteiger partial charge in [0.05, 0.1) is 6.20 Å². The van der Waals surface area contributed by atoms with E-state index in [-0.39, 0.29) is 30.4 Å². The summed E-state index contributed by atoms with van der Waals surface area (Å²) in [5.41, 5.74) is 2.61. The topological polar surface area (TPSA) is 51.3 Å². The molecular weight excluding hydrogens is 311 g/mol. The summed E-state index contributed by atoms with van der Waals surface area (Å²) in [6.07, 6.45) is 3.98. The standard InChI is InChI=1S/C14H16N4O.2ClH/c19-14-11-8-16-12-2-1-3-13(18(11)12)17(14)9-10-4-6-15-7-5-10;;/h1-3,8,10,15H,4-7,9H2;2*1H. The van der Waals surface area contributed by atoms with Gasteiger partial charge in [-0.2, -0.15) is 0 Å².